The number of hydrogen-bond acceptors (Lipinski definition) is 3. The van der Waals surface area contributed by atoms with Crippen LogP contribution in [0.4, 0.5) is 0 Å². The molecule has 0 aliphatic rings. The van der Waals surface area contributed by atoms with E-state index in [0.717, 1.165) is 21.3 Å². The summed E-state index contributed by atoms with van der Waals surface area (Å²) in [6.45, 7) is 9.80. The number of carbonyl (C=O) groups is 1. The largest absolute Gasteiger partial charge is 0.345 e. The van der Waals surface area contributed by atoms with E-state index in [4.69, 9.17) is 0 Å². The molecule has 134 valence electrons. The van der Waals surface area contributed by atoms with Gasteiger partial charge in [-0.2, -0.15) is 4.31 Å². The van der Waals surface area contributed by atoms with Crippen LogP contribution in [0, 0.1) is 20.8 Å². The number of likely N-dealkylation sites (N-methyl/N-ethyl adjacent to an activating group) is 1. The van der Waals surface area contributed by atoms with Crippen molar-refractivity contribution in [1.29, 1.82) is 0 Å². The Labute approximate surface area is 149 Å². The highest BCUT2D eigenvalue weighted by molar-refractivity contribution is 7.89. The first-order valence-corrected chi connectivity index (χ1v) is 9.46. The van der Waals surface area contributed by atoms with E-state index in [2.05, 4.69) is 6.58 Å². The Morgan fingerprint density at radius 1 is 1.20 bits per heavy atom. The van der Waals surface area contributed by atoms with Gasteiger partial charge in [0.05, 0.1) is 11.4 Å². The van der Waals surface area contributed by atoms with Gasteiger partial charge in [0, 0.05) is 30.5 Å². The highest BCUT2D eigenvalue weighted by Gasteiger charge is 2.25. The molecule has 0 saturated carbocycles. The first-order chi connectivity index (χ1) is 11.7. The molecule has 0 amide bonds. The summed E-state index contributed by atoms with van der Waals surface area (Å²) in [5, 5.41) is 0. The van der Waals surface area contributed by atoms with Gasteiger partial charge in [-0.15, -0.1) is 6.58 Å². The second kappa shape index (κ2) is 7.37. The second-order valence-electron chi connectivity index (χ2n) is 6.18. The maximum Gasteiger partial charge on any atom is 0.243 e. The summed E-state index contributed by atoms with van der Waals surface area (Å²) in [6, 6.07) is 8.40. The van der Waals surface area contributed by atoms with Gasteiger partial charge in [0.1, 0.15) is 0 Å². The van der Waals surface area contributed by atoms with Gasteiger partial charge in [0.15, 0.2) is 5.78 Å². The van der Waals surface area contributed by atoms with Crippen molar-refractivity contribution in [3.8, 4) is 0 Å². The second-order valence-corrected chi connectivity index (χ2v) is 8.23. The summed E-state index contributed by atoms with van der Waals surface area (Å²) < 4.78 is 28.3. The van der Waals surface area contributed by atoms with Crippen molar-refractivity contribution in [2.75, 3.05) is 13.6 Å². The van der Waals surface area contributed by atoms with Crippen LogP contribution in [0.25, 0.3) is 0 Å². The van der Waals surface area contributed by atoms with Gasteiger partial charge < -0.3 is 4.57 Å². The van der Waals surface area contributed by atoms with Crippen molar-refractivity contribution in [2.45, 2.75) is 32.2 Å². The lowest BCUT2D eigenvalue weighted by Gasteiger charge is -2.16. The molecule has 0 N–H and O–H groups in total. The van der Waals surface area contributed by atoms with Crippen molar-refractivity contribution < 1.29 is 13.2 Å². The molecule has 25 heavy (non-hydrogen) atoms. The first kappa shape index (κ1) is 19.1. The molecule has 0 unspecified atom stereocenters. The molecule has 0 atom stereocenters. The lowest BCUT2D eigenvalue weighted by molar-refractivity contribution is 0.0972. The highest BCUT2D eigenvalue weighted by Crippen LogP contribution is 2.19. The molecule has 0 saturated heterocycles. The smallest absolute Gasteiger partial charge is 0.243 e. The summed E-state index contributed by atoms with van der Waals surface area (Å²) in [7, 11) is -2.27. The van der Waals surface area contributed by atoms with E-state index in [1.54, 1.807) is 36.4 Å². The number of hydrogen-bond donors (Lipinski definition) is 0. The Balaban J connectivity index is 2.24. The van der Waals surface area contributed by atoms with E-state index >= 15 is 0 Å². The highest BCUT2D eigenvalue weighted by atomic mass is 32.2. The quantitative estimate of drug-likeness (QED) is 0.563. The van der Waals surface area contributed by atoms with Crippen molar-refractivity contribution >= 4 is 15.8 Å². The van der Waals surface area contributed by atoms with Gasteiger partial charge in [-0.25, -0.2) is 8.42 Å². The number of nitrogens with zero attached hydrogens (tertiary/aromatic N) is 2. The fourth-order valence-corrected chi connectivity index (χ4v) is 3.88. The molecule has 1 aromatic carbocycles. The van der Waals surface area contributed by atoms with Crippen LogP contribution < -0.4 is 0 Å². The molecular formula is C19H24N2O3S. The van der Waals surface area contributed by atoms with Gasteiger partial charge in [-0.3, -0.25) is 4.79 Å². The van der Waals surface area contributed by atoms with Crippen LogP contribution in [0.5, 0.6) is 0 Å². The third-order valence-electron chi connectivity index (χ3n) is 4.28. The zero-order chi connectivity index (χ0) is 18.8. The third kappa shape index (κ3) is 3.91. The predicted octanol–water partition coefficient (Wildman–Crippen LogP) is 3.10. The Bertz CT molecular complexity index is 893. The van der Waals surface area contributed by atoms with Crippen molar-refractivity contribution in [1.82, 2.24) is 8.87 Å². The Morgan fingerprint density at radius 2 is 1.80 bits per heavy atom. The monoisotopic (exact) mass is 360 g/mol. The summed E-state index contributed by atoms with van der Waals surface area (Å²) in [5.41, 5.74) is 3.30. The average Bonchev–Trinajstić information content (AvgIpc) is 2.83. The van der Waals surface area contributed by atoms with Crippen LogP contribution in [0.2, 0.25) is 0 Å². The molecule has 0 spiro atoms. The maximum atomic E-state index is 12.6. The van der Waals surface area contributed by atoms with Gasteiger partial charge in [0.25, 0.3) is 0 Å². The first-order valence-electron chi connectivity index (χ1n) is 8.02. The van der Waals surface area contributed by atoms with Crippen LogP contribution in [0.1, 0.15) is 27.3 Å². The zero-order valence-corrected chi connectivity index (χ0v) is 15.9. The molecule has 0 radical (unpaired) electrons. The molecule has 0 aliphatic carbocycles. The van der Waals surface area contributed by atoms with E-state index in [0.29, 0.717) is 12.1 Å². The number of Topliss-reactive ketones (excluding diaryl/α,β-unsaturated/α-hetero) is 1. The number of benzene rings is 1. The predicted molar refractivity (Wildman–Crippen MR) is 99.4 cm³/mol. The molecule has 0 aliphatic heterocycles. The molecule has 6 heteroatoms. The van der Waals surface area contributed by atoms with Crippen LogP contribution >= 0.6 is 0 Å². The summed E-state index contributed by atoms with van der Waals surface area (Å²) >= 11 is 0. The van der Waals surface area contributed by atoms with Crippen molar-refractivity contribution in [2.24, 2.45) is 0 Å². The number of carbonyl (C=O) groups excluding carboxylic acids is 1. The fraction of sp³-hybridized carbons (Fsp3) is 0.316. The van der Waals surface area contributed by atoms with Gasteiger partial charge in [-0.1, -0.05) is 23.8 Å². The normalized spacial score (nSPS) is 11.7. The Morgan fingerprint density at radius 3 is 2.36 bits per heavy atom. The number of allylic oxidation sites excluding steroid dienone is 1. The number of sulfonamides is 1. The summed E-state index contributed by atoms with van der Waals surface area (Å²) in [5.74, 6) is -0.221. The van der Waals surface area contributed by atoms with E-state index in [1.165, 1.54) is 7.05 Å². The zero-order valence-electron chi connectivity index (χ0n) is 15.1. The minimum Gasteiger partial charge on any atom is -0.345 e. The lowest BCUT2D eigenvalue weighted by atomic mass is 10.1. The maximum absolute atomic E-state index is 12.6. The molecule has 1 aromatic heterocycles. The third-order valence-corrected chi connectivity index (χ3v) is 6.10. The van der Waals surface area contributed by atoms with E-state index < -0.39 is 10.0 Å². The van der Waals surface area contributed by atoms with Gasteiger partial charge >= 0.3 is 0 Å². The Kier molecular flexibility index (Phi) is 5.65. The Hall–Kier alpha value is -2.18. The molecule has 0 fully saturated rings. The van der Waals surface area contributed by atoms with E-state index in [1.807, 2.05) is 25.3 Å². The molecule has 0 bridgehead atoms. The van der Waals surface area contributed by atoms with Crippen LogP contribution in [-0.2, 0) is 16.6 Å². The number of rotatable bonds is 7. The molecule has 2 aromatic rings. The average molecular weight is 360 g/mol. The van der Waals surface area contributed by atoms with Gasteiger partial charge in [-0.05, 0) is 39.0 Å². The molecular weight excluding hydrogens is 336 g/mol. The SMILES string of the molecule is C=CCn1c(C)cc(C(=O)CN(C)S(=O)(=O)c2ccc(C)cc2)c1C. The van der Waals surface area contributed by atoms with E-state index in [-0.39, 0.29) is 17.2 Å². The number of aryl methyl sites for hydroxylation is 2. The van der Waals surface area contributed by atoms with Gasteiger partial charge in [0.2, 0.25) is 10.0 Å². The van der Waals surface area contributed by atoms with Crippen molar-refractivity contribution in [3.05, 3.63) is 65.5 Å². The minimum absolute atomic E-state index is 0.186. The van der Waals surface area contributed by atoms with Crippen LogP contribution in [0.3, 0.4) is 0 Å². The summed E-state index contributed by atoms with van der Waals surface area (Å²) in [6.07, 6.45) is 1.77. The standard InChI is InChI=1S/C19H24N2O3S/c1-6-11-21-15(3)12-18(16(21)4)19(22)13-20(5)25(23,24)17-9-7-14(2)8-10-17/h6-10,12H,1,11,13H2,2-5H3. The van der Waals surface area contributed by atoms with Crippen molar-refractivity contribution in [3.63, 3.8) is 0 Å². The number of aromatic nitrogens is 1. The van der Waals surface area contributed by atoms with E-state index in [9.17, 15) is 13.2 Å². The summed E-state index contributed by atoms with van der Waals surface area (Å²) in [4.78, 5) is 12.8. The van der Waals surface area contributed by atoms with Crippen LogP contribution in [-0.4, -0.2) is 36.7 Å². The molecule has 2 rings (SSSR count). The topological polar surface area (TPSA) is 59.4 Å². The lowest BCUT2D eigenvalue weighted by Crippen LogP contribution is -2.32. The van der Waals surface area contributed by atoms with Crippen LogP contribution in [0.15, 0.2) is 47.9 Å². The molecule has 1 heterocycles. The number of ketones is 1. The molecule has 5 nitrogen and oxygen atoms in total. The fourth-order valence-electron chi connectivity index (χ4n) is 2.76. The minimum atomic E-state index is -3.70.